The first-order chi connectivity index (χ1) is 7.81. The highest BCUT2D eigenvalue weighted by atomic mass is 35.5. The van der Waals surface area contributed by atoms with E-state index < -0.39 is 0 Å². The molecule has 17 heavy (non-hydrogen) atoms. The van der Waals surface area contributed by atoms with Crippen LogP contribution >= 0.6 is 12.4 Å². The average Bonchev–Trinajstić information content (AvgIpc) is 2.33. The van der Waals surface area contributed by atoms with Crippen LogP contribution in [0.5, 0.6) is 0 Å². The topological polar surface area (TPSA) is 73.8 Å². The number of nitrogens with zero attached hydrogens (tertiary/aromatic N) is 3. The zero-order valence-corrected chi connectivity index (χ0v) is 9.93. The molecule has 0 bridgehead atoms. The molecule has 0 unspecified atom stereocenters. The van der Waals surface area contributed by atoms with E-state index in [9.17, 15) is 4.79 Å². The summed E-state index contributed by atoms with van der Waals surface area (Å²) in [6.07, 6.45) is 1.69. The molecule has 0 aliphatic carbocycles. The Hall–Kier alpha value is -1.72. The maximum Gasteiger partial charge on any atom is 0.266 e. The molecule has 2 aromatic rings. The molecule has 0 aromatic carbocycles. The van der Waals surface area contributed by atoms with E-state index in [4.69, 9.17) is 5.73 Å². The standard InChI is InChI=1S/C11H12N4O.ClH/c12-6-8-15-11(16)5-4-10(14-15)9-3-1-2-7-13-9;/h1-5,7H,6,8,12H2;1H. The van der Waals surface area contributed by atoms with Gasteiger partial charge in [-0.2, -0.15) is 5.10 Å². The molecule has 0 saturated heterocycles. The van der Waals surface area contributed by atoms with Gasteiger partial charge in [-0.05, 0) is 18.2 Å². The van der Waals surface area contributed by atoms with Gasteiger partial charge in [-0.1, -0.05) is 6.07 Å². The van der Waals surface area contributed by atoms with Gasteiger partial charge in [-0.3, -0.25) is 9.78 Å². The molecule has 0 radical (unpaired) electrons. The Morgan fingerprint density at radius 1 is 1.18 bits per heavy atom. The fourth-order valence-corrected chi connectivity index (χ4v) is 1.38. The maximum atomic E-state index is 11.4. The van der Waals surface area contributed by atoms with Crippen molar-refractivity contribution in [2.75, 3.05) is 6.54 Å². The monoisotopic (exact) mass is 252 g/mol. The Bertz CT molecular complexity index is 526. The van der Waals surface area contributed by atoms with Crippen molar-refractivity contribution in [1.29, 1.82) is 0 Å². The van der Waals surface area contributed by atoms with Crippen LogP contribution in [0.3, 0.4) is 0 Å². The van der Waals surface area contributed by atoms with Crippen LogP contribution in [-0.4, -0.2) is 21.3 Å². The summed E-state index contributed by atoms with van der Waals surface area (Å²) in [5.41, 5.74) is 6.67. The number of nitrogens with two attached hydrogens (primary N) is 1. The van der Waals surface area contributed by atoms with Crippen LogP contribution in [0.2, 0.25) is 0 Å². The highest BCUT2D eigenvalue weighted by Crippen LogP contribution is 2.10. The van der Waals surface area contributed by atoms with Crippen molar-refractivity contribution in [3.05, 3.63) is 46.9 Å². The molecule has 2 heterocycles. The van der Waals surface area contributed by atoms with Crippen molar-refractivity contribution in [3.63, 3.8) is 0 Å². The molecular formula is C11H13ClN4O. The summed E-state index contributed by atoms with van der Waals surface area (Å²) in [4.78, 5) is 15.6. The molecule has 0 amide bonds. The molecule has 0 spiro atoms. The van der Waals surface area contributed by atoms with Crippen LogP contribution in [0.4, 0.5) is 0 Å². The highest BCUT2D eigenvalue weighted by Gasteiger charge is 2.02. The zero-order chi connectivity index (χ0) is 11.4. The van der Waals surface area contributed by atoms with Gasteiger partial charge in [0.2, 0.25) is 0 Å². The molecule has 0 fully saturated rings. The van der Waals surface area contributed by atoms with Gasteiger partial charge in [0.05, 0.1) is 12.2 Å². The van der Waals surface area contributed by atoms with Crippen LogP contribution < -0.4 is 11.3 Å². The van der Waals surface area contributed by atoms with Crippen molar-refractivity contribution in [1.82, 2.24) is 14.8 Å². The van der Waals surface area contributed by atoms with Gasteiger partial charge in [-0.25, -0.2) is 4.68 Å². The van der Waals surface area contributed by atoms with E-state index in [2.05, 4.69) is 10.1 Å². The van der Waals surface area contributed by atoms with Crippen molar-refractivity contribution in [2.45, 2.75) is 6.54 Å². The fourth-order valence-electron chi connectivity index (χ4n) is 1.38. The van der Waals surface area contributed by atoms with Crippen LogP contribution in [0.1, 0.15) is 0 Å². The highest BCUT2D eigenvalue weighted by molar-refractivity contribution is 5.85. The Balaban J connectivity index is 0.00000144. The maximum absolute atomic E-state index is 11.4. The second-order valence-electron chi connectivity index (χ2n) is 3.28. The quantitative estimate of drug-likeness (QED) is 0.872. The van der Waals surface area contributed by atoms with Crippen LogP contribution in [0, 0.1) is 0 Å². The van der Waals surface area contributed by atoms with Gasteiger partial charge in [-0.15, -0.1) is 12.4 Å². The van der Waals surface area contributed by atoms with Crippen molar-refractivity contribution in [2.24, 2.45) is 5.73 Å². The van der Waals surface area contributed by atoms with E-state index >= 15 is 0 Å². The minimum absolute atomic E-state index is 0. The number of halogens is 1. The van der Waals surface area contributed by atoms with Gasteiger partial charge in [0.1, 0.15) is 5.69 Å². The minimum atomic E-state index is -0.148. The van der Waals surface area contributed by atoms with Gasteiger partial charge in [0, 0.05) is 18.8 Å². The number of hydrogen-bond acceptors (Lipinski definition) is 4. The lowest BCUT2D eigenvalue weighted by molar-refractivity contribution is 0.590. The number of hydrogen-bond donors (Lipinski definition) is 1. The Morgan fingerprint density at radius 2 is 2.00 bits per heavy atom. The first kappa shape index (κ1) is 13.3. The summed E-state index contributed by atoms with van der Waals surface area (Å²) in [6.45, 7) is 0.804. The van der Waals surface area contributed by atoms with E-state index in [1.807, 2.05) is 18.2 Å². The van der Waals surface area contributed by atoms with Crippen LogP contribution in [0.15, 0.2) is 41.3 Å². The third-order valence-corrected chi connectivity index (χ3v) is 2.13. The summed E-state index contributed by atoms with van der Waals surface area (Å²) in [5, 5.41) is 4.19. The smallest absolute Gasteiger partial charge is 0.266 e. The predicted molar refractivity (Wildman–Crippen MR) is 68.0 cm³/mol. The first-order valence-corrected chi connectivity index (χ1v) is 5.01. The number of pyridine rings is 1. The number of rotatable bonds is 3. The van der Waals surface area contributed by atoms with E-state index in [1.165, 1.54) is 10.7 Å². The lowest BCUT2D eigenvalue weighted by atomic mass is 10.2. The number of aromatic nitrogens is 3. The van der Waals surface area contributed by atoms with E-state index in [1.54, 1.807) is 12.3 Å². The Morgan fingerprint density at radius 3 is 2.65 bits per heavy atom. The molecule has 0 aliphatic heterocycles. The molecule has 6 heteroatoms. The molecule has 2 aromatic heterocycles. The third kappa shape index (κ3) is 3.12. The van der Waals surface area contributed by atoms with Gasteiger partial charge in [0.15, 0.2) is 0 Å². The third-order valence-electron chi connectivity index (χ3n) is 2.13. The molecule has 0 atom stereocenters. The minimum Gasteiger partial charge on any atom is -0.329 e. The molecule has 5 nitrogen and oxygen atoms in total. The van der Waals surface area contributed by atoms with Gasteiger partial charge in [0.25, 0.3) is 5.56 Å². The molecular weight excluding hydrogens is 240 g/mol. The summed E-state index contributed by atoms with van der Waals surface area (Å²) >= 11 is 0. The molecule has 0 aliphatic rings. The SMILES string of the molecule is Cl.NCCn1nc(-c2ccccn2)ccc1=O. The lowest BCUT2D eigenvalue weighted by Gasteiger charge is -2.04. The molecule has 90 valence electrons. The molecule has 2 rings (SSSR count). The first-order valence-electron chi connectivity index (χ1n) is 5.01. The summed E-state index contributed by atoms with van der Waals surface area (Å²) in [5.74, 6) is 0. The largest absolute Gasteiger partial charge is 0.329 e. The van der Waals surface area contributed by atoms with Gasteiger partial charge >= 0.3 is 0 Å². The van der Waals surface area contributed by atoms with E-state index in [0.29, 0.717) is 18.8 Å². The second-order valence-corrected chi connectivity index (χ2v) is 3.28. The summed E-state index contributed by atoms with van der Waals surface area (Å²) in [6, 6.07) is 8.70. The van der Waals surface area contributed by atoms with Crippen molar-refractivity contribution >= 4 is 12.4 Å². The average molecular weight is 253 g/mol. The van der Waals surface area contributed by atoms with Gasteiger partial charge < -0.3 is 5.73 Å². The van der Waals surface area contributed by atoms with Crippen molar-refractivity contribution in [3.8, 4) is 11.4 Å². The normalized spacial score (nSPS) is 9.71. The second kappa shape index (κ2) is 6.12. The fraction of sp³-hybridized carbons (Fsp3) is 0.182. The lowest BCUT2D eigenvalue weighted by Crippen LogP contribution is -2.25. The summed E-state index contributed by atoms with van der Waals surface area (Å²) in [7, 11) is 0. The van der Waals surface area contributed by atoms with Crippen LogP contribution in [0.25, 0.3) is 11.4 Å². The molecule has 0 saturated carbocycles. The van der Waals surface area contributed by atoms with Crippen LogP contribution in [-0.2, 0) is 6.54 Å². The van der Waals surface area contributed by atoms with E-state index in [0.717, 1.165) is 5.69 Å². The zero-order valence-electron chi connectivity index (χ0n) is 9.11. The Labute approximate surface area is 105 Å². The predicted octanol–water partition coefficient (Wildman–Crippen LogP) is 0.686. The molecule has 2 N–H and O–H groups in total. The summed E-state index contributed by atoms with van der Waals surface area (Å²) < 4.78 is 1.35. The Kier molecular flexibility index (Phi) is 4.81. The van der Waals surface area contributed by atoms with E-state index in [-0.39, 0.29) is 18.0 Å². The van der Waals surface area contributed by atoms with Crippen molar-refractivity contribution < 1.29 is 0 Å².